The van der Waals surface area contributed by atoms with Crippen molar-refractivity contribution in [3.8, 4) is 0 Å². The SMILES string of the molecule is CC(=O)N1c2ccc(C(N)=O)cc2C(OCNc2ccc(Cl)cc2)CC1C. The van der Waals surface area contributed by atoms with E-state index in [2.05, 4.69) is 5.32 Å². The summed E-state index contributed by atoms with van der Waals surface area (Å²) in [5.74, 6) is -0.558. The molecule has 0 spiro atoms. The van der Waals surface area contributed by atoms with Crippen LogP contribution in [0.15, 0.2) is 42.5 Å². The smallest absolute Gasteiger partial charge is 0.248 e. The van der Waals surface area contributed by atoms with Crippen molar-refractivity contribution in [3.63, 3.8) is 0 Å². The monoisotopic (exact) mass is 387 g/mol. The van der Waals surface area contributed by atoms with E-state index >= 15 is 0 Å². The van der Waals surface area contributed by atoms with E-state index in [4.69, 9.17) is 22.1 Å². The van der Waals surface area contributed by atoms with Crippen molar-refractivity contribution in [3.05, 3.63) is 58.6 Å². The van der Waals surface area contributed by atoms with Gasteiger partial charge in [0.1, 0.15) is 6.73 Å². The number of ether oxygens (including phenoxy) is 1. The maximum Gasteiger partial charge on any atom is 0.248 e. The van der Waals surface area contributed by atoms with Gasteiger partial charge in [-0.15, -0.1) is 0 Å². The summed E-state index contributed by atoms with van der Waals surface area (Å²) < 4.78 is 6.04. The molecule has 2 aromatic rings. The highest BCUT2D eigenvalue weighted by Crippen LogP contribution is 2.39. The van der Waals surface area contributed by atoms with Crippen LogP contribution < -0.4 is 16.0 Å². The van der Waals surface area contributed by atoms with Gasteiger partial charge in [-0.05, 0) is 55.8 Å². The van der Waals surface area contributed by atoms with Crippen molar-refractivity contribution in [2.75, 3.05) is 16.9 Å². The number of nitrogens with zero attached hydrogens (tertiary/aromatic N) is 1. The van der Waals surface area contributed by atoms with Crippen LogP contribution in [0.25, 0.3) is 0 Å². The molecule has 0 aliphatic carbocycles. The maximum atomic E-state index is 12.1. The Kier molecular flexibility index (Phi) is 5.68. The van der Waals surface area contributed by atoms with Crippen molar-refractivity contribution >= 4 is 34.8 Å². The van der Waals surface area contributed by atoms with Gasteiger partial charge in [0.15, 0.2) is 0 Å². The van der Waals surface area contributed by atoms with E-state index in [0.29, 0.717) is 17.0 Å². The standard InChI is InChI=1S/C20H22ClN3O3/c1-12-9-19(27-11-23-16-6-4-15(21)5-7-16)17-10-14(20(22)26)3-8-18(17)24(12)13(2)25/h3-8,10,12,19,23H,9,11H2,1-2H3,(H2,22,26). The third-order valence-corrected chi connectivity index (χ3v) is 4.91. The molecule has 6 nitrogen and oxygen atoms in total. The van der Waals surface area contributed by atoms with Crippen LogP contribution in [0.2, 0.25) is 5.02 Å². The quantitative estimate of drug-likeness (QED) is 0.766. The number of fused-ring (bicyclic) bond motifs is 1. The molecule has 0 saturated heterocycles. The molecule has 0 saturated carbocycles. The number of carbonyl (C=O) groups excluding carboxylic acids is 2. The average molecular weight is 388 g/mol. The Bertz CT molecular complexity index is 854. The van der Waals surface area contributed by atoms with Crippen LogP contribution in [0.3, 0.4) is 0 Å². The molecular weight excluding hydrogens is 366 g/mol. The molecule has 2 atom stereocenters. The number of benzene rings is 2. The molecule has 0 fully saturated rings. The average Bonchev–Trinajstić information content (AvgIpc) is 2.62. The summed E-state index contributed by atoms with van der Waals surface area (Å²) in [5, 5.41) is 3.85. The number of hydrogen-bond donors (Lipinski definition) is 2. The number of primary amides is 1. The number of hydrogen-bond acceptors (Lipinski definition) is 4. The van der Waals surface area contributed by atoms with E-state index in [1.54, 1.807) is 35.2 Å². The second-order valence-corrected chi connectivity index (χ2v) is 7.03. The lowest BCUT2D eigenvalue weighted by molar-refractivity contribution is -0.117. The molecule has 3 N–H and O–H groups in total. The van der Waals surface area contributed by atoms with Gasteiger partial charge < -0.3 is 20.7 Å². The fraction of sp³-hybridized carbons (Fsp3) is 0.300. The van der Waals surface area contributed by atoms with Crippen molar-refractivity contribution in [1.82, 2.24) is 0 Å². The summed E-state index contributed by atoms with van der Waals surface area (Å²) in [4.78, 5) is 25.4. The summed E-state index contributed by atoms with van der Waals surface area (Å²) in [6, 6.07) is 12.4. The zero-order chi connectivity index (χ0) is 19.6. The van der Waals surface area contributed by atoms with Crippen LogP contribution in [0.4, 0.5) is 11.4 Å². The third kappa shape index (κ3) is 4.23. The molecule has 2 unspecified atom stereocenters. The molecule has 27 heavy (non-hydrogen) atoms. The minimum Gasteiger partial charge on any atom is -0.366 e. The second kappa shape index (κ2) is 7.98. The van der Waals surface area contributed by atoms with Gasteiger partial charge >= 0.3 is 0 Å². The van der Waals surface area contributed by atoms with Crippen LogP contribution in [-0.4, -0.2) is 24.6 Å². The van der Waals surface area contributed by atoms with Crippen molar-refractivity contribution in [1.29, 1.82) is 0 Å². The Balaban J connectivity index is 1.81. The highest BCUT2D eigenvalue weighted by atomic mass is 35.5. The van der Waals surface area contributed by atoms with Gasteiger partial charge in [0, 0.05) is 40.5 Å². The molecule has 2 amide bonds. The molecule has 1 aliphatic rings. The fourth-order valence-electron chi connectivity index (χ4n) is 3.40. The van der Waals surface area contributed by atoms with Gasteiger partial charge in [-0.25, -0.2) is 0 Å². The normalized spacial score (nSPS) is 18.7. The van der Waals surface area contributed by atoms with Crippen LogP contribution in [-0.2, 0) is 9.53 Å². The molecule has 0 radical (unpaired) electrons. The Labute approximate surface area is 163 Å². The summed E-state index contributed by atoms with van der Waals surface area (Å²) in [7, 11) is 0. The topological polar surface area (TPSA) is 84.7 Å². The molecule has 142 valence electrons. The Morgan fingerprint density at radius 3 is 2.59 bits per heavy atom. The lowest BCUT2D eigenvalue weighted by atomic mass is 9.92. The summed E-state index contributed by atoms with van der Waals surface area (Å²) >= 11 is 5.89. The Hall–Kier alpha value is -2.57. The summed E-state index contributed by atoms with van der Waals surface area (Å²) in [6.07, 6.45) is 0.363. The predicted octanol–water partition coefficient (Wildman–Crippen LogP) is 3.71. The molecule has 1 aliphatic heterocycles. The molecule has 2 aromatic carbocycles. The molecule has 1 heterocycles. The summed E-state index contributed by atoms with van der Waals surface area (Å²) in [5.41, 5.74) is 8.24. The zero-order valence-corrected chi connectivity index (χ0v) is 16.0. The molecule has 3 rings (SSSR count). The lowest BCUT2D eigenvalue weighted by Crippen LogP contribution is -2.42. The van der Waals surface area contributed by atoms with Crippen LogP contribution in [0, 0.1) is 0 Å². The van der Waals surface area contributed by atoms with Gasteiger partial charge in [-0.2, -0.15) is 0 Å². The number of amides is 2. The van der Waals surface area contributed by atoms with Gasteiger partial charge in [-0.3, -0.25) is 9.59 Å². The number of anilines is 2. The maximum absolute atomic E-state index is 12.1. The van der Waals surface area contributed by atoms with Gasteiger partial charge in [0.2, 0.25) is 11.8 Å². The van der Waals surface area contributed by atoms with E-state index in [1.165, 1.54) is 6.92 Å². The Morgan fingerprint density at radius 2 is 1.96 bits per heavy atom. The molecular formula is C20H22ClN3O3. The minimum absolute atomic E-state index is 0.0186. The minimum atomic E-state index is -0.510. The van der Waals surface area contributed by atoms with Crippen LogP contribution in [0.5, 0.6) is 0 Å². The molecule has 7 heteroatoms. The number of nitrogens with two attached hydrogens (primary N) is 1. The molecule has 0 aromatic heterocycles. The third-order valence-electron chi connectivity index (χ3n) is 4.66. The van der Waals surface area contributed by atoms with E-state index < -0.39 is 5.91 Å². The first-order valence-electron chi connectivity index (χ1n) is 8.71. The fourth-order valence-corrected chi connectivity index (χ4v) is 3.52. The lowest BCUT2D eigenvalue weighted by Gasteiger charge is -2.39. The van der Waals surface area contributed by atoms with Crippen molar-refractivity contribution < 1.29 is 14.3 Å². The largest absolute Gasteiger partial charge is 0.366 e. The highest BCUT2D eigenvalue weighted by molar-refractivity contribution is 6.30. The second-order valence-electron chi connectivity index (χ2n) is 6.59. The number of halogens is 1. The van der Waals surface area contributed by atoms with E-state index in [-0.39, 0.29) is 24.8 Å². The number of rotatable bonds is 5. The zero-order valence-electron chi connectivity index (χ0n) is 15.2. The van der Waals surface area contributed by atoms with Gasteiger partial charge in [0.25, 0.3) is 0 Å². The van der Waals surface area contributed by atoms with Crippen LogP contribution >= 0.6 is 11.6 Å². The number of carbonyl (C=O) groups is 2. The summed E-state index contributed by atoms with van der Waals surface area (Å²) in [6.45, 7) is 3.79. The molecule has 0 bridgehead atoms. The predicted molar refractivity (Wildman–Crippen MR) is 106 cm³/mol. The Morgan fingerprint density at radius 1 is 1.26 bits per heavy atom. The van der Waals surface area contributed by atoms with Crippen LogP contribution in [0.1, 0.15) is 42.3 Å². The van der Waals surface area contributed by atoms with E-state index in [9.17, 15) is 9.59 Å². The first-order chi connectivity index (χ1) is 12.9. The van der Waals surface area contributed by atoms with E-state index in [0.717, 1.165) is 16.9 Å². The van der Waals surface area contributed by atoms with E-state index in [1.807, 2.05) is 19.1 Å². The van der Waals surface area contributed by atoms with Crippen molar-refractivity contribution in [2.45, 2.75) is 32.4 Å². The highest BCUT2D eigenvalue weighted by Gasteiger charge is 2.33. The van der Waals surface area contributed by atoms with Crippen molar-refractivity contribution in [2.24, 2.45) is 5.73 Å². The first-order valence-corrected chi connectivity index (χ1v) is 9.09. The van der Waals surface area contributed by atoms with Gasteiger partial charge in [0.05, 0.1) is 6.10 Å². The first kappa shape index (κ1) is 19.2. The van der Waals surface area contributed by atoms with Gasteiger partial charge in [-0.1, -0.05) is 11.6 Å². The number of nitrogens with one attached hydrogen (secondary N) is 1.